The van der Waals surface area contributed by atoms with Crippen LogP contribution < -0.4 is 0 Å². The fraction of sp³-hybridized carbons (Fsp3) is 0.261. The first-order valence-electron chi connectivity index (χ1n) is 17.8. The van der Waals surface area contributed by atoms with Gasteiger partial charge in [0.2, 0.25) is 0 Å². The largest absolute Gasteiger partial charge is 0.458 e. The van der Waals surface area contributed by atoms with Crippen molar-refractivity contribution in [3.05, 3.63) is 179 Å². The number of hydrogen-bond donors (Lipinski definition) is 0. The zero-order valence-electron chi connectivity index (χ0n) is 31.0. The molecular weight excluding hydrogens is 645 g/mol. The fourth-order valence-electron chi connectivity index (χ4n) is 5.69. The van der Waals surface area contributed by atoms with Crippen molar-refractivity contribution in [2.45, 2.75) is 77.7 Å². The number of carbonyl (C=O) groups excluding carboxylic acids is 2. The van der Waals surface area contributed by atoms with E-state index in [0.717, 1.165) is 44.8 Å². The van der Waals surface area contributed by atoms with Crippen LogP contribution in [-0.2, 0) is 31.9 Å². The quantitative estimate of drug-likeness (QED) is 0.0965. The van der Waals surface area contributed by atoms with Crippen molar-refractivity contribution in [3.63, 3.8) is 0 Å². The van der Waals surface area contributed by atoms with Crippen molar-refractivity contribution in [2.75, 3.05) is 0 Å². The minimum absolute atomic E-state index is 0.332. The van der Waals surface area contributed by atoms with Gasteiger partial charge in [0.05, 0.1) is 11.4 Å². The lowest BCUT2D eigenvalue weighted by atomic mass is 9.98. The number of carbonyl (C=O) groups is 2. The van der Waals surface area contributed by atoms with E-state index in [1.54, 1.807) is 0 Å². The second-order valence-corrected chi connectivity index (χ2v) is 14.7. The van der Waals surface area contributed by atoms with Gasteiger partial charge < -0.3 is 9.47 Å². The van der Waals surface area contributed by atoms with Crippen LogP contribution in [0.2, 0.25) is 0 Å². The molecule has 0 aliphatic carbocycles. The molecule has 6 heteroatoms. The maximum atomic E-state index is 13.7. The molecule has 0 saturated heterocycles. The Morgan fingerprint density at radius 1 is 0.442 bits per heavy atom. The summed E-state index contributed by atoms with van der Waals surface area (Å²) in [7, 11) is 0. The van der Waals surface area contributed by atoms with E-state index in [2.05, 4.69) is 0 Å². The number of ether oxygens (including phenoxy) is 2. The zero-order chi connectivity index (χ0) is 37.1. The summed E-state index contributed by atoms with van der Waals surface area (Å²) < 4.78 is 11.8. The first-order chi connectivity index (χ1) is 24.8. The predicted octanol–water partition coefficient (Wildman–Crippen LogP) is 9.27. The van der Waals surface area contributed by atoms with Crippen LogP contribution in [0.4, 0.5) is 0 Å². The highest BCUT2D eigenvalue weighted by molar-refractivity contribution is 6.14. The Bertz CT molecular complexity index is 1730. The second kappa shape index (κ2) is 17.1. The average Bonchev–Trinajstić information content (AvgIpc) is 3.12. The lowest BCUT2D eigenvalue weighted by molar-refractivity contribution is -0.157. The standard InChI is InChI=1S/C46H48N2O4/c1-45(2,3)51-43(49)39(47-41(35-19-11-7-12-20-35)36-21-13-8-14-22-36)31-33-27-29-34(30-28-33)32-40(44(50)52-46(4,5)6)48-42(37-23-15-9-16-24-37)38-25-17-10-18-26-38/h7-30,39-40H,31-32H2,1-6H3/t39-,40-/m0/s1. The van der Waals surface area contributed by atoms with Crippen LogP contribution in [0.25, 0.3) is 0 Å². The van der Waals surface area contributed by atoms with Crippen molar-refractivity contribution >= 4 is 23.4 Å². The molecular formula is C46H48N2O4. The Balaban J connectivity index is 1.48. The van der Waals surface area contributed by atoms with E-state index in [1.165, 1.54) is 0 Å². The van der Waals surface area contributed by atoms with Crippen LogP contribution in [0, 0.1) is 0 Å². The Hall–Kier alpha value is -5.62. The number of nitrogens with zero attached hydrogens (tertiary/aromatic N) is 2. The van der Waals surface area contributed by atoms with Crippen LogP contribution in [0.3, 0.4) is 0 Å². The summed E-state index contributed by atoms with van der Waals surface area (Å²) in [6.07, 6.45) is 0.663. The number of rotatable bonds is 12. The van der Waals surface area contributed by atoms with Gasteiger partial charge in [-0.3, -0.25) is 9.98 Å². The van der Waals surface area contributed by atoms with Crippen molar-refractivity contribution in [3.8, 4) is 0 Å². The highest BCUT2D eigenvalue weighted by atomic mass is 16.6. The van der Waals surface area contributed by atoms with Gasteiger partial charge in [-0.05, 0) is 52.7 Å². The third kappa shape index (κ3) is 11.2. The third-order valence-electron chi connectivity index (χ3n) is 8.00. The number of esters is 2. The maximum Gasteiger partial charge on any atom is 0.331 e. The van der Waals surface area contributed by atoms with E-state index in [9.17, 15) is 9.59 Å². The van der Waals surface area contributed by atoms with Crippen molar-refractivity contribution in [1.29, 1.82) is 0 Å². The molecule has 0 aromatic heterocycles. The molecule has 6 nitrogen and oxygen atoms in total. The van der Waals surface area contributed by atoms with Gasteiger partial charge in [-0.1, -0.05) is 146 Å². The maximum absolute atomic E-state index is 13.7. The summed E-state index contributed by atoms with van der Waals surface area (Å²) in [5.74, 6) is -0.788. The lowest BCUT2D eigenvalue weighted by Crippen LogP contribution is -2.33. The van der Waals surface area contributed by atoms with Gasteiger partial charge in [-0.15, -0.1) is 0 Å². The Labute approximate surface area is 308 Å². The van der Waals surface area contributed by atoms with Crippen LogP contribution in [0.1, 0.15) is 74.9 Å². The third-order valence-corrected chi connectivity index (χ3v) is 8.00. The van der Waals surface area contributed by atoms with Gasteiger partial charge in [0.15, 0.2) is 12.1 Å². The number of hydrogen-bond acceptors (Lipinski definition) is 6. The normalized spacial score (nSPS) is 12.6. The van der Waals surface area contributed by atoms with E-state index in [-0.39, 0.29) is 0 Å². The van der Waals surface area contributed by atoms with Gasteiger partial charge in [0.25, 0.3) is 0 Å². The van der Waals surface area contributed by atoms with Gasteiger partial charge >= 0.3 is 11.9 Å². The second-order valence-electron chi connectivity index (χ2n) is 14.7. The summed E-state index contributed by atoms with van der Waals surface area (Å²) in [4.78, 5) is 37.6. The first-order valence-corrected chi connectivity index (χ1v) is 17.8. The Kier molecular flexibility index (Phi) is 12.3. The van der Waals surface area contributed by atoms with Crippen molar-refractivity contribution in [2.24, 2.45) is 9.98 Å². The summed E-state index contributed by atoms with van der Waals surface area (Å²) >= 11 is 0. The molecule has 0 N–H and O–H groups in total. The monoisotopic (exact) mass is 692 g/mol. The summed E-state index contributed by atoms with van der Waals surface area (Å²) in [5, 5.41) is 0. The molecule has 5 aromatic carbocycles. The number of aliphatic imine (C=N–C) groups is 2. The lowest BCUT2D eigenvalue weighted by Gasteiger charge is -2.24. The van der Waals surface area contributed by atoms with Gasteiger partial charge in [-0.25, -0.2) is 9.59 Å². The van der Waals surface area contributed by atoms with Crippen molar-refractivity contribution < 1.29 is 19.1 Å². The molecule has 5 aromatic rings. The topological polar surface area (TPSA) is 77.3 Å². The average molecular weight is 693 g/mol. The molecule has 0 amide bonds. The summed E-state index contributed by atoms with van der Waals surface area (Å²) in [6.45, 7) is 11.2. The minimum atomic E-state index is -0.793. The molecule has 0 fully saturated rings. The van der Waals surface area contributed by atoms with Gasteiger partial charge in [-0.2, -0.15) is 0 Å². The van der Waals surface area contributed by atoms with E-state index < -0.39 is 35.2 Å². The molecule has 5 rings (SSSR count). The smallest absolute Gasteiger partial charge is 0.331 e. The minimum Gasteiger partial charge on any atom is -0.458 e. The van der Waals surface area contributed by atoms with E-state index in [1.807, 2.05) is 187 Å². The molecule has 2 atom stereocenters. The predicted molar refractivity (Wildman–Crippen MR) is 210 cm³/mol. The van der Waals surface area contributed by atoms with Crippen LogP contribution >= 0.6 is 0 Å². The van der Waals surface area contributed by atoms with Crippen LogP contribution in [-0.4, -0.2) is 46.6 Å². The SMILES string of the molecule is CC(C)(C)OC(=O)[C@H](Cc1ccc(C[C@H](N=C(c2ccccc2)c2ccccc2)C(=O)OC(C)(C)C)cc1)N=C(c1ccccc1)c1ccccc1. The highest BCUT2D eigenvalue weighted by Gasteiger charge is 2.28. The summed E-state index contributed by atoms with van der Waals surface area (Å²) in [5.41, 5.74) is 5.57. The molecule has 0 spiro atoms. The molecule has 0 saturated carbocycles. The fourth-order valence-corrected chi connectivity index (χ4v) is 5.69. The van der Waals surface area contributed by atoms with E-state index in [4.69, 9.17) is 19.5 Å². The molecule has 0 aliphatic rings. The molecule has 0 bridgehead atoms. The van der Waals surface area contributed by atoms with Gasteiger partial charge in [0.1, 0.15) is 11.2 Å². The van der Waals surface area contributed by atoms with E-state index >= 15 is 0 Å². The van der Waals surface area contributed by atoms with Gasteiger partial charge in [0, 0.05) is 35.1 Å². The Morgan fingerprint density at radius 3 is 0.923 bits per heavy atom. The van der Waals surface area contributed by atoms with Crippen LogP contribution in [0.5, 0.6) is 0 Å². The van der Waals surface area contributed by atoms with Crippen molar-refractivity contribution in [1.82, 2.24) is 0 Å². The highest BCUT2D eigenvalue weighted by Crippen LogP contribution is 2.21. The molecule has 266 valence electrons. The Morgan fingerprint density at radius 2 is 0.692 bits per heavy atom. The first kappa shape index (κ1) is 37.6. The molecule has 0 aliphatic heterocycles. The number of benzene rings is 5. The molecule has 52 heavy (non-hydrogen) atoms. The van der Waals surface area contributed by atoms with E-state index in [0.29, 0.717) is 12.8 Å². The molecule has 0 unspecified atom stereocenters. The molecule has 0 radical (unpaired) electrons. The molecule has 0 heterocycles. The summed E-state index contributed by atoms with van der Waals surface area (Å²) in [6, 6.07) is 45.9. The van der Waals surface area contributed by atoms with Crippen LogP contribution in [0.15, 0.2) is 156 Å². The zero-order valence-corrected chi connectivity index (χ0v) is 31.0.